The summed E-state index contributed by atoms with van der Waals surface area (Å²) in [6.45, 7) is 7.12. The van der Waals surface area contributed by atoms with Crippen LogP contribution in [-0.4, -0.2) is 97.5 Å². The predicted molar refractivity (Wildman–Crippen MR) is 107 cm³/mol. The van der Waals surface area contributed by atoms with Gasteiger partial charge in [0.05, 0.1) is 29.4 Å². The number of amides is 2. The summed E-state index contributed by atoms with van der Waals surface area (Å²) in [6.07, 6.45) is 0.155. The van der Waals surface area contributed by atoms with E-state index in [0.29, 0.717) is 42.0 Å². The molecule has 2 aliphatic heterocycles. The van der Waals surface area contributed by atoms with Gasteiger partial charge in [-0.2, -0.15) is 0 Å². The third kappa shape index (κ3) is 5.94. The molecular weight excluding hydrogens is 391 g/mol. The predicted octanol–water partition coefficient (Wildman–Crippen LogP) is 1.84. The number of anilines is 1. The molecule has 27 heavy (non-hydrogen) atoms. The second-order valence-corrected chi connectivity index (χ2v) is 7.68. The van der Waals surface area contributed by atoms with Crippen LogP contribution in [0.1, 0.15) is 0 Å². The number of halogens is 2. The van der Waals surface area contributed by atoms with Crippen LogP contribution in [0, 0.1) is 0 Å². The molecule has 2 heterocycles. The lowest BCUT2D eigenvalue weighted by Gasteiger charge is -2.39. The smallest absolute Gasteiger partial charge is 0.321 e. The maximum atomic E-state index is 12.4. The number of morpholine rings is 1. The molecule has 0 spiro atoms. The van der Waals surface area contributed by atoms with Gasteiger partial charge in [0.2, 0.25) is 0 Å². The maximum absolute atomic E-state index is 12.4. The monoisotopic (exact) mass is 416 g/mol. The highest BCUT2D eigenvalue weighted by atomic mass is 35.5. The van der Waals surface area contributed by atoms with Gasteiger partial charge in [0, 0.05) is 58.0 Å². The lowest BCUT2D eigenvalue weighted by molar-refractivity contribution is -0.0496. The van der Waals surface area contributed by atoms with E-state index in [1.165, 1.54) is 0 Å². The number of carbonyl (C=O) groups is 1. The largest absolute Gasteiger partial charge is 0.395 e. The van der Waals surface area contributed by atoms with Crippen LogP contribution in [0.2, 0.25) is 10.0 Å². The molecule has 0 saturated carbocycles. The van der Waals surface area contributed by atoms with Gasteiger partial charge in [-0.1, -0.05) is 23.2 Å². The molecule has 0 aliphatic carbocycles. The molecule has 150 valence electrons. The third-order valence-electron chi connectivity index (χ3n) is 4.93. The Bertz CT molecular complexity index is 639. The fourth-order valence-electron chi connectivity index (χ4n) is 3.43. The summed E-state index contributed by atoms with van der Waals surface area (Å²) in [6, 6.07) is 4.93. The van der Waals surface area contributed by atoms with Crippen LogP contribution in [0.5, 0.6) is 0 Å². The van der Waals surface area contributed by atoms with E-state index in [0.717, 1.165) is 32.7 Å². The highest BCUT2D eigenvalue weighted by molar-refractivity contribution is 6.42. The van der Waals surface area contributed by atoms with Crippen LogP contribution in [0.15, 0.2) is 18.2 Å². The minimum Gasteiger partial charge on any atom is -0.395 e. The zero-order valence-electron chi connectivity index (χ0n) is 15.2. The van der Waals surface area contributed by atoms with E-state index in [4.69, 9.17) is 33.0 Å². The van der Waals surface area contributed by atoms with Gasteiger partial charge in [0.1, 0.15) is 0 Å². The summed E-state index contributed by atoms with van der Waals surface area (Å²) in [5, 5.41) is 12.8. The minimum atomic E-state index is -0.129. The van der Waals surface area contributed by atoms with Crippen molar-refractivity contribution in [2.24, 2.45) is 0 Å². The van der Waals surface area contributed by atoms with Gasteiger partial charge < -0.3 is 20.1 Å². The van der Waals surface area contributed by atoms with Crippen LogP contribution in [0.3, 0.4) is 0 Å². The molecule has 2 aliphatic rings. The first-order valence-electron chi connectivity index (χ1n) is 9.23. The van der Waals surface area contributed by atoms with Crippen molar-refractivity contribution in [1.29, 1.82) is 0 Å². The first kappa shape index (κ1) is 20.6. The van der Waals surface area contributed by atoms with E-state index < -0.39 is 0 Å². The molecular formula is C18H26Cl2N4O3. The normalized spacial score (nSPS) is 22.0. The summed E-state index contributed by atoms with van der Waals surface area (Å²) < 4.78 is 5.85. The van der Waals surface area contributed by atoms with Gasteiger partial charge in [-0.25, -0.2) is 4.79 Å². The molecule has 0 radical (unpaired) electrons. The van der Waals surface area contributed by atoms with E-state index >= 15 is 0 Å². The van der Waals surface area contributed by atoms with Crippen molar-refractivity contribution in [3.05, 3.63) is 28.2 Å². The Balaban J connectivity index is 1.43. The second-order valence-electron chi connectivity index (χ2n) is 6.86. The zero-order valence-corrected chi connectivity index (χ0v) is 16.8. The number of nitrogens with zero attached hydrogens (tertiary/aromatic N) is 3. The number of β-amino-alcohol motifs (C(OH)–C–C–N with tert-alkyl or cyclic N) is 1. The number of hydrogen-bond acceptors (Lipinski definition) is 5. The van der Waals surface area contributed by atoms with Crippen molar-refractivity contribution >= 4 is 34.9 Å². The average Bonchev–Trinajstić information content (AvgIpc) is 2.66. The number of urea groups is 1. The molecule has 2 N–H and O–H groups in total. The second kappa shape index (κ2) is 9.91. The van der Waals surface area contributed by atoms with Crippen molar-refractivity contribution in [2.75, 3.05) is 70.9 Å². The van der Waals surface area contributed by atoms with E-state index in [-0.39, 0.29) is 18.7 Å². The molecule has 9 heteroatoms. The molecule has 0 unspecified atom stereocenters. The Morgan fingerprint density at radius 1 is 1.15 bits per heavy atom. The molecule has 2 amide bonds. The molecule has 3 rings (SSSR count). The van der Waals surface area contributed by atoms with Crippen LogP contribution in [0.25, 0.3) is 0 Å². The standard InChI is InChI=1S/C18H26Cl2N4O3/c19-16-2-1-14(11-17(16)20)21-18(26)24-5-3-22(4-6-24)12-15-13-23(7-9-25)8-10-27-15/h1-2,11,15,25H,3-10,12-13H2,(H,21,26)/t15-/m0/s1. The van der Waals surface area contributed by atoms with E-state index in [2.05, 4.69) is 15.1 Å². The lowest BCUT2D eigenvalue weighted by atomic mass is 10.2. The van der Waals surface area contributed by atoms with Crippen LogP contribution < -0.4 is 5.32 Å². The fourth-order valence-corrected chi connectivity index (χ4v) is 3.73. The maximum Gasteiger partial charge on any atom is 0.321 e. The van der Waals surface area contributed by atoms with Crippen LogP contribution >= 0.6 is 23.2 Å². The molecule has 2 fully saturated rings. The molecule has 0 aromatic heterocycles. The number of ether oxygens (including phenoxy) is 1. The Labute approximate surface area is 169 Å². The third-order valence-corrected chi connectivity index (χ3v) is 5.67. The molecule has 1 atom stereocenters. The van der Waals surface area contributed by atoms with Gasteiger partial charge in [0.15, 0.2) is 0 Å². The fraction of sp³-hybridized carbons (Fsp3) is 0.611. The summed E-state index contributed by atoms with van der Waals surface area (Å²) in [5.41, 5.74) is 0.636. The quantitative estimate of drug-likeness (QED) is 0.766. The van der Waals surface area contributed by atoms with Crippen molar-refractivity contribution in [3.8, 4) is 0 Å². The Morgan fingerprint density at radius 2 is 1.93 bits per heavy atom. The van der Waals surface area contributed by atoms with Gasteiger partial charge in [-0.05, 0) is 18.2 Å². The van der Waals surface area contributed by atoms with Crippen molar-refractivity contribution < 1.29 is 14.6 Å². The first-order valence-corrected chi connectivity index (χ1v) is 9.99. The van der Waals surface area contributed by atoms with Gasteiger partial charge in [0.25, 0.3) is 0 Å². The zero-order chi connectivity index (χ0) is 19.2. The number of aliphatic hydroxyl groups excluding tert-OH is 1. The number of piperazine rings is 1. The average molecular weight is 417 g/mol. The van der Waals surface area contributed by atoms with E-state index in [1.807, 2.05) is 0 Å². The molecule has 0 bridgehead atoms. The highest BCUT2D eigenvalue weighted by Gasteiger charge is 2.26. The summed E-state index contributed by atoms with van der Waals surface area (Å²) >= 11 is 11.9. The van der Waals surface area contributed by atoms with E-state index in [1.54, 1.807) is 23.1 Å². The molecule has 1 aromatic carbocycles. The first-order chi connectivity index (χ1) is 13.0. The Hall–Kier alpha value is -1.09. The summed E-state index contributed by atoms with van der Waals surface area (Å²) in [4.78, 5) is 18.8. The van der Waals surface area contributed by atoms with Crippen molar-refractivity contribution in [1.82, 2.24) is 14.7 Å². The topological polar surface area (TPSA) is 68.3 Å². The SMILES string of the molecule is O=C(Nc1ccc(Cl)c(Cl)c1)N1CCN(C[C@H]2CN(CCO)CCO2)CC1. The van der Waals surface area contributed by atoms with Crippen LogP contribution in [0.4, 0.5) is 10.5 Å². The Morgan fingerprint density at radius 3 is 2.63 bits per heavy atom. The highest BCUT2D eigenvalue weighted by Crippen LogP contribution is 2.25. The van der Waals surface area contributed by atoms with Gasteiger partial charge in [-0.15, -0.1) is 0 Å². The Kier molecular flexibility index (Phi) is 7.57. The summed E-state index contributed by atoms with van der Waals surface area (Å²) in [7, 11) is 0. The van der Waals surface area contributed by atoms with Gasteiger partial charge in [-0.3, -0.25) is 9.80 Å². The molecule has 7 nitrogen and oxygen atoms in total. The number of nitrogens with one attached hydrogen (secondary N) is 1. The van der Waals surface area contributed by atoms with E-state index in [9.17, 15) is 4.79 Å². The van der Waals surface area contributed by atoms with Crippen molar-refractivity contribution in [3.63, 3.8) is 0 Å². The molecule has 2 saturated heterocycles. The number of aliphatic hydroxyl groups is 1. The number of carbonyl (C=O) groups excluding carboxylic acids is 1. The number of hydrogen-bond donors (Lipinski definition) is 2. The van der Waals surface area contributed by atoms with Gasteiger partial charge >= 0.3 is 6.03 Å². The lowest BCUT2D eigenvalue weighted by Crippen LogP contribution is -2.54. The van der Waals surface area contributed by atoms with Crippen LogP contribution in [-0.2, 0) is 4.74 Å². The number of rotatable bonds is 5. The minimum absolute atomic E-state index is 0.129. The summed E-state index contributed by atoms with van der Waals surface area (Å²) in [5.74, 6) is 0. The number of benzene rings is 1. The molecule has 1 aromatic rings. The van der Waals surface area contributed by atoms with Crippen molar-refractivity contribution in [2.45, 2.75) is 6.10 Å².